The van der Waals surface area contributed by atoms with Crippen molar-refractivity contribution in [1.82, 2.24) is 0 Å². The third-order valence-corrected chi connectivity index (χ3v) is 3.63. The molecule has 1 N–H and O–H groups in total. The van der Waals surface area contributed by atoms with E-state index in [9.17, 15) is 0 Å². The molecule has 0 aromatic rings. The van der Waals surface area contributed by atoms with E-state index in [1.54, 1.807) is 0 Å². The Morgan fingerprint density at radius 1 is 1.83 bits per heavy atom. The fourth-order valence-corrected chi connectivity index (χ4v) is 1.94. The van der Waals surface area contributed by atoms with Crippen LogP contribution >= 0.6 is 0 Å². The molecule has 6 heavy (non-hydrogen) atoms. The zero-order valence-corrected chi connectivity index (χ0v) is 10.1. The Labute approximate surface area is 51.8 Å². The average molecular weight is 195 g/mol. The van der Waals surface area contributed by atoms with Crippen LogP contribution in [-0.4, -0.2) is 33.7 Å². The Morgan fingerprint density at radius 3 is 2.33 bits per heavy atom. The van der Waals surface area contributed by atoms with Gasteiger partial charge in [0.05, 0.1) is 0 Å². The third-order valence-electron chi connectivity index (χ3n) is 0.942. The van der Waals surface area contributed by atoms with Crippen LogP contribution in [0.1, 0.15) is 13.3 Å². The van der Waals surface area contributed by atoms with Gasteiger partial charge in [-0.2, -0.15) is 0 Å². The molecule has 1 atom stereocenters. The van der Waals surface area contributed by atoms with Gasteiger partial charge in [-0.15, -0.1) is 0 Å². The number of rotatable bonds is 2. The topological polar surface area (TPSA) is 20.2 Å². The first-order chi connectivity index (χ1) is 2.81. The van der Waals surface area contributed by atoms with Crippen molar-refractivity contribution in [2.75, 3.05) is 0 Å². The van der Waals surface area contributed by atoms with Gasteiger partial charge in [0.25, 0.3) is 0 Å². The second kappa shape index (κ2) is 3.93. The van der Waals surface area contributed by atoms with E-state index in [0.717, 1.165) is 10.9 Å². The van der Waals surface area contributed by atoms with Crippen LogP contribution < -0.4 is 0 Å². The van der Waals surface area contributed by atoms with Crippen LogP contribution in [0.5, 0.6) is 0 Å². The summed E-state index contributed by atoms with van der Waals surface area (Å²) in [5.41, 5.74) is 0. The third kappa shape index (κ3) is 2.97. The molecule has 0 heterocycles. The minimum absolute atomic E-state index is 0.0285. The summed E-state index contributed by atoms with van der Waals surface area (Å²) in [7, 11) is 0. The molecule has 1 unspecified atom stereocenters. The molecule has 0 saturated carbocycles. The molecule has 0 spiro atoms. The maximum atomic E-state index is 8.72. The van der Waals surface area contributed by atoms with Crippen molar-refractivity contribution >= 4 is 22.5 Å². The van der Waals surface area contributed by atoms with E-state index in [1.165, 1.54) is 0 Å². The van der Waals surface area contributed by atoms with E-state index in [0.29, 0.717) is 22.5 Å². The van der Waals surface area contributed by atoms with Gasteiger partial charge >= 0.3 is 51.5 Å². The molecule has 0 radical (unpaired) electrons. The van der Waals surface area contributed by atoms with Crippen LogP contribution in [0.3, 0.4) is 0 Å². The zero-order chi connectivity index (χ0) is 4.99. The molecule has 38 valence electrons. The molecule has 0 fully saturated rings. The van der Waals surface area contributed by atoms with Gasteiger partial charge in [0.15, 0.2) is 0 Å². The monoisotopic (exact) mass is 196 g/mol. The summed E-state index contributed by atoms with van der Waals surface area (Å²) in [5, 5.41) is 8.72. The molecule has 2 heteroatoms. The van der Waals surface area contributed by atoms with Crippen molar-refractivity contribution in [1.29, 1.82) is 0 Å². The average Bonchev–Trinajstić information content (AvgIpc) is 1.65. The van der Waals surface area contributed by atoms with Crippen molar-refractivity contribution in [2.45, 2.75) is 23.9 Å². The summed E-state index contributed by atoms with van der Waals surface area (Å²) in [5.74, 6) is 0. The Morgan fingerprint density at radius 2 is 2.33 bits per heavy atom. The summed E-state index contributed by atoms with van der Waals surface area (Å²) in [6.45, 7) is 2.01. The first-order valence-corrected chi connectivity index (χ1v) is 6.53. The molecule has 1 nitrogen and oxygen atoms in total. The molecule has 0 aromatic carbocycles. The quantitative estimate of drug-likeness (QED) is 0.591. The van der Waals surface area contributed by atoms with E-state index in [4.69, 9.17) is 5.11 Å². The molecule has 0 saturated heterocycles. The fraction of sp³-hybridized carbons (Fsp3) is 1.00. The number of hydrogen-bond donors (Lipinski definition) is 1. The van der Waals surface area contributed by atoms with Crippen molar-refractivity contribution < 1.29 is 5.11 Å². The molecule has 0 rings (SSSR count). The second-order valence-corrected chi connectivity index (χ2v) is 3.80. The van der Waals surface area contributed by atoms with E-state index >= 15 is 0 Å². The molecule has 0 aliphatic heterocycles. The zero-order valence-electron chi connectivity index (χ0n) is 4.44. The van der Waals surface area contributed by atoms with Crippen LogP contribution in [-0.2, 0) is 0 Å². The molecular formula is C4H12OSn. The molecular weight excluding hydrogens is 183 g/mol. The first-order valence-electron chi connectivity index (χ1n) is 2.49. The van der Waals surface area contributed by atoms with Crippen LogP contribution in [0.4, 0.5) is 0 Å². The van der Waals surface area contributed by atoms with E-state index in [1.807, 2.05) is 6.92 Å². The Hall–Kier alpha value is 0.759. The van der Waals surface area contributed by atoms with E-state index in [-0.39, 0.29) is 6.10 Å². The van der Waals surface area contributed by atoms with E-state index in [2.05, 4.69) is 0 Å². The van der Waals surface area contributed by atoms with Crippen LogP contribution in [0.2, 0.25) is 4.44 Å². The predicted octanol–water partition coefficient (Wildman–Crippen LogP) is -0.459. The minimum atomic E-state index is 0.0285. The molecule has 0 aliphatic carbocycles. The normalized spacial score (nSPS) is 15.0. The fourth-order valence-electron chi connectivity index (χ4n) is 0.289. The van der Waals surface area contributed by atoms with Crippen LogP contribution in [0, 0.1) is 0 Å². The SMILES string of the molecule is CCC(O)[CH2][SnH3]. The number of aliphatic hydroxyl groups excluding tert-OH is 1. The van der Waals surface area contributed by atoms with Gasteiger partial charge in [-0.05, 0) is 0 Å². The Balaban J connectivity index is 2.75. The van der Waals surface area contributed by atoms with Crippen LogP contribution in [0.15, 0.2) is 0 Å². The van der Waals surface area contributed by atoms with Gasteiger partial charge in [0.2, 0.25) is 0 Å². The van der Waals surface area contributed by atoms with Crippen molar-refractivity contribution in [2.24, 2.45) is 0 Å². The molecule has 0 aliphatic rings. The van der Waals surface area contributed by atoms with Crippen molar-refractivity contribution in [3.63, 3.8) is 0 Å². The van der Waals surface area contributed by atoms with Gasteiger partial charge in [-0.3, -0.25) is 0 Å². The maximum absolute atomic E-state index is 8.72. The summed E-state index contributed by atoms with van der Waals surface area (Å²) in [6.07, 6.45) is 0.966. The summed E-state index contributed by atoms with van der Waals surface area (Å²) >= 11 is 0.698. The van der Waals surface area contributed by atoms with Gasteiger partial charge in [-0.1, -0.05) is 0 Å². The summed E-state index contributed by atoms with van der Waals surface area (Å²) in [4.78, 5) is 0. The number of hydrogen-bond acceptors (Lipinski definition) is 1. The second-order valence-electron chi connectivity index (χ2n) is 1.47. The van der Waals surface area contributed by atoms with E-state index < -0.39 is 0 Å². The molecule has 0 aromatic heterocycles. The predicted molar refractivity (Wildman–Crippen MR) is 31.0 cm³/mol. The number of aliphatic hydroxyl groups is 1. The van der Waals surface area contributed by atoms with Gasteiger partial charge in [0, 0.05) is 0 Å². The molecule has 0 amide bonds. The van der Waals surface area contributed by atoms with Crippen LogP contribution in [0.25, 0.3) is 0 Å². The van der Waals surface area contributed by atoms with Gasteiger partial charge < -0.3 is 0 Å². The van der Waals surface area contributed by atoms with Crippen molar-refractivity contribution in [3.05, 3.63) is 0 Å². The Bertz CT molecular complexity index is 26.7. The van der Waals surface area contributed by atoms with Crippen molar-refractivity contribution in [3.8, 4) is 0 Å². The first kappa shape index (κ1) is 6.76. The van der Waals surface area contributed by atoms with Gasteiger partial charge in [-0.25, -0.2) is 0 Å². The standard InChI is InChI=1S/C4H9O.Sn.3H/c1-3-4(2)5;;;;/h4-5H,2-3H2,1H3;;;;. The molecule has 0 bridgehead atoms. The van der Waals surface area contributed by atoms with Gasteiger partial charge in [0.1, 0.15) is 0 Å². The summed E-state index contributed by atoms with van der Waals surface area (Å²) in [6, 6.07) is 0. The summed E-state index contributed by atoms with van der Waals surface area (Å²) < 4.78 is 1.10. The Kier molecular flexibility index (Phi) is 4.43.